The summed E-state index contributed by atoms with van der Waals surface area (Å²) >= 11 is 0. The van der Waals surface area contributed by atoms with Crippen LogP contribution in [-0.4, -0.2) is 23.0 Å². The van der Waals surface area contributed by atoms with E-state index >= 15 is 0 Å². The highest BCUT2D eigenvalue weighted by molar-refractivity contribution is 5.86. The second-order valence-corrected chi connectivity index (χ2v) is 4.32. The lowest BCUT2D eigenvalue weighted by Crippen LogP contribution is -2.60. The molecule has 0 bridgehead atoms. The van der Waals surface area contributed by atoms with Crippen molar-refractivity contribution in [2.24, 2.45) is 0 Å². The van der Waals surface area contributed by atoms with Crippen LogP contribution in [0.4, 0.5) is 0 Å². The van der Waals surface area contributed by atoms with Crippen molar-refractivity contribution in [2.75, 3.05) is 6.54 Å². The van der Waals surface area contributed by atoms with Crippen LogP contribution in [0.3, 0.4) is 0 Å². The molecule has 1 fully saturated rings. The molecule has 0 aliphatic carbocycles. The SMILES string of the molecule is CC1(C)NC(c2cccnc2)CNC1=O. The van der Waals surface area contributed by atoms with Gasteiger partial charge in [-0.2, -0.15) is 0 Å². The van der Waals surface area contributed by atoms with Crippen molar-refractivity contribution in [3.63, 3.8) is 0 Å². The Morgan fingerprint density at radius 3 is 2.93 bits per heavy atom. The maximum atomic E-state index is 11.5. The molecule has 0 saturated carbocycles. The summed E-state index contributed by atoms with van der Waals surface area (Å²) in [4.78, 5) is 15.6. The van der Waals surface area contributed by atoms with E-state index in [-0.39, 0.29) is 11.9 Å². The van der Waals surface area contributed by atoms with Gasteiger partial charge < -0.3 is 5.32 Å². The summed E-state index contributed by atoms with van der Waals surface area (Å²) in [6.07, 6.45) is 3.57. The maximum Gasteiger partial charge on any atom is 0.239 e. The Balaban J connectivity index is 2.17. The molecule has 2 heterocycles. The first kappa shape index (κ1) is 10.1. The molecule has 1 aromatic rings. The minimum atomic E-state index is -0.515. The van der Waals surface area contributed by atoms with E-state index in [2.05, 4.69) is 15.6 Å². The van der Waals surface area contributed by atoms with Gasteiger partial charge in [-0.05, 0) is 25.5 Å². The van der Waals surface area contributed by atoms with E-state index in [4.69, 9.17) is 0 Å². The zero-order valence-corrected chi connectivity index (χ0v) is 8.95. The first-order valence-electron chi connectivity index (χ1n) is 5.05. The molecule has 1 amide bonds. The van der Waals surface area contributed by atoms with Crippen molar-refractivity contribution in [1.29, 1.82) is 0 Å². The minimum absolute atomic E-state index is 0.0441. The Hall–Kier alpha value is -1.42. The lowest BCUT2D eigenvalue weighted by Gasteiger charge is -2.36. The van der Waals surface area contributed by atoms with E-state index in [9.17, 15) is 4.79 Å². The summed E-state index contributed by atoms with van der Waals surface area (Å²) in [6, 6.07) is 4.06. The summed E-state index contributed by atoms with van der Waals surface area (Å²) < 4.78 is 0. The molecular formula is C11H15N3O. The molecule has 1 aliphatic heterocycles. The van der Waals surface area contributed by atoms with E-state index in [0.29, 0.717) is 6.54 Å². The third-order valence-electron chi connectivity index (χ3n) is 2.66. The van der Waals surface area contributed by atoms with Crippen molar-refractivity contribution in [1.82, 2.24) is 15.6 Å². The highest BCUT2D eigenvalue weighted by atomic mass is 16.2. The molecule has 0 aromatic carbocycles. The Morgan fingerprint density at radius 1 is 1.53 bits per heavy atom. The summed E-state index contributed by atoms with van der Waals surface area (Å²) in [6.45, 7) is 4.38. The zero-order valence-electron chi connectivity index (χ0n) is 8.95. The number of piperazine rings is 1. The van der Waals surface area contributed by atoms with Crippen LogP contribution in [-0.2, 0) is 4.79 Å². The molecule has 1 saturated heterocycles. The predicted molar refractivity (Wildman–Crippen MR) is 57.2 cm³/mol. The van der Waals surface area contributed by atoms with Gasteiger partial charge in [-0.15, -0.1) is 0 Å². The summed E-state index contributed by atoms with van der Waals surface area (Å²) in [5.41, 5.74) is 0.587. The monoisotopic (exact) mass is 205 g/mol. The van der Waals surface area contributed by atoms with Gasteiger partial charge in [-0.25, -0.2) is 0 Å². The zero-order chi connectivity index (χ0) is 10.9. The van der Waals surface area contributed by atoms with Crippen molar-refractivity contribution >= 4 is 5.91 Å². The van der Waals surface area contributed by atoms with E-state index in [0.717, 1.165) is 5.56 Å². The fraction of sp³-hybridized carbons (Fsp3) is 0.455. The molecule has 2 N–H and O–H groups in total. The molecule has 1 aliphatic rings. The number of amides is 1. The average molecular weight is 205 g/mol. The van der Waals surface area contributed by atoms with Crippen LogP contribution >= 0.6 is 0 Å². The number of hydrogen-bond donors (Lipinski definition) is 2. The minimum Gasteiger partial charge on any atom is -0.353 e. The highest BCUT2D eigenvalue weighted by Gasteiger charge is 2.34. The number of nitrogens with zero attached hydrogens (tertiary/aromatic N) is 1. The molecule has 4 nitrogen and oxygen atoms in total. The smallest absolute Gasteiger partial charge is 0.239 e. The van der Waals surface area contributed by atoms with Crippen molar-refractivity contribution in [3.05, 3.63) is 30.1 Å². The molecule has 1 unspecified atom stereocenters. The summed E-state index contributed by atoms with van der Waals surface area (Å²) in [5, 5.41) is 6.20. The van der Waals surface area contributed by atoms with Crippen LogP contribution in [0, 0.1) is 0 Å². The van der Waals surface area contributed by atoms with Crippen LogP contribution in [0.25, 0.3) is 0 Å². The molecular weight excluding hydrogens is 190 g/mol. The average Bonchev–Trinajstić information content (AvgIpc) is 2.23. The van der Waals surface area contributed by atoms with Crippen molar-refractivity contribution in [2.45, 2.75) is 25.4 Å². The van der Waals surface area contributed by atoms with Crippen LogP contribution in [0.1, 0.15) is 25.5 Å². The lowest BCUT2D eigenvalue weighted by atomic mass is 9.96. The Kier molecular flexibility index (Phi) is 2.44. The summed E-state index contributed by atoms with van der Waals surface area (Å²) in [5.74, 6) is 0.0441. The topological polar surface area (TPSA) is 54.0 Å². The van der Waals surface area contributed by atoms with E-state index in [1.54, 1.807) is 6.20 Å². The highest BCUT2D eigenvalue weighted by Crippen LogP contribution is 2.19. The van der Waals surface area contributed by atoms with Crippen molar-refractivity contribution in [3.8, 4) is 0 Å². The molecule has 4 heteroatoms. The second kappa shape index (κ2) is 3.62. The molecule has 1 atom stereocenters. The van der Waals surface area contributed by atoms with Crippen molar-refractivity contribution < 1.29 is 4.79 Å². The fourth-order valence-electron chi connectivity index (χ4n) is 1.75. The van der Waals surface area contributed by atoms with Gasteiger partial charge in [-0.1, -0.05) is 6.07 Å². The third kappa shape index (κ3) is 1.99. The van der Waals surface area contributed by atoms with Gasteiger partial charge in [0, 0.05) is 18.9 Å². The van der Waals surface area contributed by atoms with Gasteiger partial charge >= 0.3 is 0 Å². The molecule has 1 aromatic heterocycles. The number of aromatic nitrogens is 1. The second-order valence-electron chi connectivity index (χ2n) is 4.32. The Morgan fingerprint density at radius 2 is 2.33 bits per heavy atom. The first-order valence-corrected chi connectivity index (χ1v) is 5.05. The van der Waals surface area contributed by atoms with E-state index < -0.39 is 5.54 Å². The van der Waals surface area contributed by atoms with Crippen LogP contribution < -0.4 is 10.6 Å². The molecule has 80 valence electrons. The van der Waals surface area contributed by atoms with Gasteiger partial charge in [0.15, 0.2) is 0 Å². The molecule has 0 spiro atoms. The predicted octanol–water partition coefficient (Wildman–Crippen LogP) is 0.621. The fourth-order valence-corrected chi connectivity index (χ4v) is 1.75. The van der Waals surface area contributed by atoms with E-state index in [1.165, 1.54) is 0 Å². The number of hydrogen-bond acceptors (Lipinski definition) is 3. The number of rotatable bonds is 1. The van der Waals surface area contributed by atoms with Gasteiger partial charge in [0.1, 0.15) is 0 Å². The lowest BCUT2D eigenvalue weighted by molar-refractivity contribution is -0.128. The largest absolute Gasteiger partial charge is 0.353 e. The van der Waals surface area contributed by atoms with Crippen LogP contribution in [0.5, 0.6) is 0 Å². The number of carbonyl (C=O) groups is 1. The number of carbonyl (C=O) groups excluding carboxylic acids is 1. The van der Waals surface area contributed by atoms with Crippen LogP contribution in [0.15, 0.2) is 24.5 Å². The maximum absolute atomic E-state index is 11.5. The first-order chi connectivity index (χ1) is 7.09. The van der Waals surface area contributed by atoms with Crippen LogP contribution in [0.2, 0.25) is 0 Å². The number of nitrogens with one attached hydrogen (secondary N) is 2. The molecule has 2 rings (SSSR count). The quantitative estimate of drug-likeness (QED) is 0.706. The van der Waals surface area contributed by atoms with Gasteiger partial charge in [0.25, 0.3) is 0 Å². The van der Waals surface area contributed by atoms with Gasteiger partial charge in [0.05, 0.1) is 11.6 Å². The Bertz CT molecular complexity index is 361. The molecule has 0 radical (unpaired) electrons. The Labute approximate surface area is 89.1 Å². The van der Waals surface area contributed by atoms with Gasteiger partial charge in [0.2, 0.25) is 5.91 Å². The third-order valence-corrected chi connectivity index (χ3v) is 2.66. The van der Waals surface area contributed by atoms with Gasteiger partial charge in [-0.3, -0.25) is 15.1 Å². The molecule has 15 heavy (non-hydrogen) atoms. The number of pyridine rings is 1. The summed E-state index contributed by atoms with van der Waals surface area (Å²) in [7, 11) is 0. The normalized spacial score (nSPS) is 24.7. The van der Waals surface area contributed by atoms with E-state index in [1.807, 2.05) is 32.2 Å². The standard InChI is InChI=1S/C11H15N3O/c1-11(2)10(15)13-7-9(14-11)8-4-3-5-12-6-8/h3-6,9,14H,7H2,1-2H3,(H,13,15).